The summed E-state index contributed by atoms with van der Waals surface area (Å²) in [6.45, 7) is 2.17. The van der Waals surface area contributed by atoms with Gasteiger partial charge in [0.1, 0.15) is 5.01 Å². The van der Waals surface area contributed by atoms with E-state index in [1.165, 1.54) is 18.5 Å². The molecule has 90 valence electrons. The van der Waals surface area contributed by atoms with Gasteiger partial charge in [0.15, 0.2) is 0 Å². The van der Waals surface area contributed by atoms with Crippen LogP contribution in [0.25, 0.3) is 0 Å². The molecule has 1 aromatic rings. The molecule has 1 amide bonds. The molecular weight excluding hydrogens is 246 g/mol. The lowest BCUT2D eigenvalue weighted by Crippen LogP contribution is -2.37. The van der Waals surface area contributed by atoms with Crippen molar-refractivity contribution in [1.29, 1.82) is 0 Å². The molecule has 16 heavy (non-hydrogen) atoms. The molecule has 1 fully saturated rings. The van der Waals surface area contributed by atoms with Gasteiger partial charge in [-0.1, -0.05) is 0 Å². The highest BCUT2D eigenvalue weighted by Gasteiger charge is 2.25. The molecule has 6 heteroatoms. The monoisotopic (exact) mass is 261 g/mol. The third-order valence-corrected chi connectivity index (χ3v) is 3.26. The molecule has 1 aliphatic carbocycles. The number of halogens is 1. The number of nitrogens with one attached hydrogen (secondary N) is 1. The lowest BCUT2D eigenvalue weighted by molar-refractivity contribution is -0.122. The lowest BCUT2D eigenvalue weighted by atomic mass is 10.3. The molecule has 0 radical (unpaired) electrons. The standard InChI is InChI=1S/C10H15N3OS.ClH/c1-6(11)10(14)12-4-9-13-8(5-15-9)7-2-3-7;/h5-7H,2-4,11H2,1H3,(H,12,14);1H. The summed E-state index contributed by atoms with van der Waals surface area (Å²) in [4.78, 5) is 15.7. The van der Waals surface area contributed by atoms with Crippen molar-refractivity contribution >= 4 is 29.7 Å². The summed E-state index contributed by atoms with van der Waals surface area (Å²) in [6.07, 6.45) is 2.52. The van der Waals surface area contributed by atoms with E-state index in [2.05, 4.69) is 15.7 Å². The number of amides is 1. The molecule has 0 aliphatic heterocycles. The molecule has 0 spiro atoms. The summed E-state index contributed by atoms with van der Waals surface area (Å²) < 4.78 is 0. The molecule has 0 aromatic carbocycles. The van der Waals surface area contributed by atoms with Crippen molar-refractivity contribution < 1.29 is 4.79 Å². The van der Waals surface area contributed by atoms with Crippen LogP contribution in [0, 0.1) is 0 Å². The van der Waals surface area contributed by atoms with E-state index >= 15 is 0 Å². The molecule has 1 aromatic heterocycles. The second kappa shape index (κ2) is 5.61. The molecule has 1 atom stereocenters. The van der Waals surface area contributed by atoms with Crippen molar-refractivity contribution in [3.05, 3.63) is 16.1 Å². The molecule has 1 aliphatic rings. The predicted octanol–water partition coefficient (Wildman–Crippen LogP) is 1.41. The first-order valence-corrected chi connectivity index (χ1v) is 6.02. The molecule has 0 bridgehead atoms. The van der Waals surface area contributed by atoms with Gasteiger partial charge in [-0.2, -0.15) is 0 Å². The second-order valence-corrected chi connectivity index (χ2v) is 4.89. The van der Waals surface area contributed by atoms with Gasteiger partial charge < -0.3 is 11.1 Å². The minimum Gasteiger partial charge on any atom is -0.348 e. The van der Waals surface area contributed by atoms with E-state index < -0.39 is 6.04 Å². The summed E-state index contributed by atoms with van der Waals surface area (Å²) in [5.74, 6) is 0.553. The van der Waals surface area contributed by atoms with Gasteiger partial charge in [0.05, 0.1) is 18.3 Å². The molecule has 2 rings (SSSR count). The van der Waals surface area contributed by atoms with Crippen molar-refractivity contribution in [2.24, 2.45) is 5.73 Å². The van der Waals surface area contributed by atoms with Crippen molar-refractivity contribution in [2.75, 3.05) is 0 Å². The third kappa shape index (κ3) is 3.43. The highest BCUT2D eigenvalue weighted by Crippen LogP contribution is 2.40. The van der Waals surface area contributed by atoms with Gasteiger partial charge in [0, 0.05) is 11.3 Å². The van der Waals surface area contributed by atoms with E-state index in [9.17, 15) is 4.79 Å². The molecule has 0 saturated heterocycles. The van der Waals surface area contributed by atoms with Crippen molar-refractivity contribution in [3.8, 4) is 0 Å². The van der Waals surface area contributed by atoms with Gasteiger partial charge >= 0.3 is 0 Å². The Balaban J connectivity index is 0.00000128. The van der Waals surface area contributed by atoms with Crippen LogP contribution < -0.4 is 11.1 Å². The number of carbonyl (C=O) groups is 1. The van der Waals surface area contributed by atoms with Crippen LogP contribution in [0.4, 0.5) is 0 Å². The quantitative estimate of drug-likeness (QED) is 0.861. The van der Waals surface area contributed by atoms with Crippen LogP contribution >= 0.6 is 23.7 Å². The Kier molecular flexibility index (Phi) is 4.70. The van der Waals surface area contributed by atoms with Crippen LogP contribution in [0.5, 0.6) is 0 Å². The summed E-state index contributed by atoms with van der Waals surface area (Å²) in [6, 6.07) is -0.451. The molecule has 1 saturated carbocycles. The van der Waals surface area contributed by atoms with Crippen molar-refractivity contribution in [1.82, 2.24) is 10.3 Å². The van der Waals surface area contributed by atoms with Crippen LogP contribution in [0.2, 0.25) is 0 Å². The Morgan fingerprint density at radius 3 is 3.00 bits per heavy atom. The van der Waals surface area contributed by atoms with E-state index in [1.807, 2.05) is 0 Å². The van der Waals surface area contributed by atoms with Crippen LogP contribution in [0.3, 0.4) is 0 Å². The predicted molar refractivity (Wildman–Crippen MR) is 66.8 cm³/mol. The van der Waals surface area contributed by atoms with Crippen LogP contribution in [0.1, 0.15) is 36.4 Å². The van der Waals surface area contributed by atoms with Crippen molar-refractivity contribution in [2.45, 2.75) is 38.3 Å². The molecule has 1 unspecified atom stereocenters. The van der Waals surface area contributed by atoms with E-state index in [0.717, 1.165) is 5.01 Å². The van der Waals surface area contributed by atoms with E-state index in [4.69, 9.17) is 5.73 Å². The first-order chi connectivity index (χ1) is 7.16. The zero-order valence-corrected chi connectivity index (χ0v) is 10.7. The van der Waals surface area contributed by atoms with Crippen LogP contribution in [-0.2, 0) is 11.3 Å². The molecule has 3 N–H and O–H groups in total. The fraction of sp³-hybridized carbons (Fsp3) is 0.600. The van der Waals surface area contributed by atoms with Gasteiger partial charge in [-0.3, -0.25) is 4.79 Å². The number of carbonyl (C=O) groups excluding carboxylic acids is 1. The Morgan fingerprint density at radius 1 is 1.75 bits per heavy atom. The molecular formula is C10H16ClN3OS. The fourth-order valence-corrected chi connectivity index (χ4v) is 2.11. The number of hydrogen-bond donors (Lipinski definition) is 2. The minimum atomic E-state index is -0.451. The number of aromatic nitrogens is 1. The zero-order valence-electron chi connectivity index (χ0n) is 9.10. The highest BCUT2D eigenvalue weighted by molar-refractivity contribution is 7.09. The van der Waals surface area contributed by atoms with Gasteiger partial charge in [0.2, 0.25) is 5.91 Å². The Bertz CT molecular complexity index is 363. The van der Waals surface area contributed by atoms with Crippen LogP contribution in [0.15, 0.2) is 5.38 Å². The Hall–Kier alpha value is -0.650. The van der Waals surface area contributed by atoms with Crippen LogP contribution in [-0.4, -0.2) is 16.9 Å². The van der Waals surface area contributed by atoms with Gasteiger partial charge in [-0.15, -0.1) is 23.7 Å². The SMILES string of the molecule is CC(N)C(=O)NCc1nc(C2CC2)cs1.Cl. The topological polar surface area (TPSA) is 68.0 Å². The maximum atomic E-state index is 11.2. The van der Waals surface area contributed by atoms with Gasteiger partial charge in [-0.05, 0) is 19.8 Å². The van der Waals surface area contributed by atoms with Crippen molar-refractivity contribution in [3.63, 3.8) is 0 Å². The number of nitrogens with zero attached hydrogens (tertiary/aromatic N) is 1. The Labute approximate surface area is 105 Å². The third-order valence-electron chi connectivity index (χ3n) is 2.39. The largest absolute Gasteiger partial charge is 0.348 e. The number of rotatable bonds is 4. The number of hydrogen-bond acceptors (Lipinski definition) is 4. The fourth-order valence-electron chi connectivity index (χ4n) is 1.30. The second-order valence-electron chi connectivity index (χ2n) is 3.95. The molecule has 1 heterocycles. The lowest BCUT2D eigenvalue weighted by Gasteiger charge is -2.04. The smallest absolute Gasteiger partial charge is 0.236 e. The Morgan fingerprint density at radius 2 is 2.44 bits per heavy atom. The minimum absolute atomic E-state index is 0. The normalized spacial score (nSPS) is 16.4. The highest BCUT2D eigenvalue weighted by atomic mass is 35.5. The first-order valence-electron chi connectivity index (χ1n) is 5.14. The average Bonchev–Trinajstić information content (AvgIpc) is 2.95. The number of thiazole rings is 1. The van der Waals surface area contributed by atoms with E-state index in [0.29, 0.717) is 12.5 Å². The average molecular weight is 262 g/mol. The summed E-state index contributed by atoms with van der Waals surface area (Å²) in [5, 5.41) is 5.81. The maximum Gasteiger partial charge on any atom is 0.236 e. The maximum absolute atomic E-state index is 11.2. The first kappa shape index (κ1) is 13.4. The van der Waals surface area contributed by atoms with E-state index in [-0.39, 0.29) is 18.3 Å². The summed E-state index contributed by atoms with van der Waals surface area (Å²) in [7, 11) is 0. The summed E-state index contributed by atoms with van der Waals surface area (Å²) >= 11 is 1.60. The molecule has 4 nitrogen and oxygen atoms in total. The van der Waals surface area contributed by atoms with E-state index in [1.54, 1.807) is 18.3 Å². The number of nitrogens with two attached hydrogens (primary N) is 1. The van der Waals surface area contributed by atoms with Gasteiger partial charge in [-0.25, -0.2) is 4.98 Å². The van der Waals surface area contributed by atoms with Gasteiger partial charge in [0.25, 0.3) is 0 Å². The summed E-state index contributed by atoms with van der Waals surface area (Å²) in [5.41, 5.74) is 6.62. The zero-order chi connectivity index (χ0) is 10.8.